The number of carbonyl (C=O) groups excluding carboxylic acids is 1. The molecule has 6 heteroatoms. The highest BCUT2D eigenvalue weighted by Crippen LogP contribution is 2.21. The first-order chi connectivity index (χ1) is 10.2. The van der Waals surface area contributed by atoms with Crippen LogP contribution in [0.5, 0.6) is 0 Å². The van der Waals surface area contributed by atoms with Crippen molar-refractivity contribution >= 4 is 34.2 Å². The molecule has 0 unspecified atom stereocenters. The molecule has 0 radical (unpaired) electrons. The topological polar surface area (TPSA) is 59.8 Å². The smallest absolute Gasteiger partial charge is 0.247 e. The van der Waals surface area contributed by atoms with Crippen molar-refractivity contribution < 1.29 is 4.79 Å². The third-order valence-electron chi connectivity index (χ3n) is 2.98. The average molecular weight is 299 g/mol. The number of fused-ring (bicyclic) bond motifs is 1. The molecule has 0 saturated heterocycles. The van der Waals surface area contributed by atoms with Crippen LogP contribution in [-0.4, -0.2) is 20.4 Å². The van der Waals surface area contributed by atoms with Gasteiger partial charge in [0.2, 0.25) is 11.2 Å². The number of carbonyl (C=O) groups is 1. The van der Waals surface area contributed by atoms with Gasteiger partial charge in [0.15, 0.2) is 0 Å². The van der Waals surface area contributed by atoms with Crippen molar-refractivity contribution in [2.45, 2.75) is 0 Å². The van der Waals surface area contributed by atoms with E-state index in [1.807, 2.05) is 35.0 Å². The van der Waals surface area contributed by atoms with Gasteiger partial charge in [-0.15, -0.1) is 0 Å². The second kappa shape index (κ2) is 5.38. The van der Waals surface area contributed by atoms with Crippen molar-refractivity contribution in [1.82, 2.24) is 14.5 Å². The Kier molecular flexibility index (Phi) is 3.41. The predicted molar refractivity (Wildman–Crippen MR) is 82.7 cm³/mol. The van der Waals surface area contributed by atoms with Crippen molar-refractivity contribution in [3.8, 4) is 5.69 Å². The molecular weight excluding hydrogens is 288 g/mol. The summed E-state index contributed by atoms with van der Waals surface area (Å²) in [6.07, 6.45) is 4.78. The second-order valence-electron chi connectivity index (χ2n) is 4.35. The molecule has 0 atom stereocenters. The SMILES string of the molecule is C=CC(=O)Nc1cccc(-n2ccc3cnc(Cl)nc32)c1. The van der Waals surface area contributed by atoms with Crippen molar-refractivity contribution in [2.75, 3.05) is 5.32 Å². The summed E-state index contributed by atoms with van der Waals surface area (Å²) in [5.74, 6) is -0.255. The molecule has 21 heavy (non-hydrogen) atoms. The van der Waals surface area contributed by atoms with Crippen LogP contribution >= 0.6 is 11.6 Å². The third kappa shape index (κ3) is 2.64. The molecule has 3 rings (SSSR count). The number of benzene rings is 1. The average Bonchev–Trinajstić information content (AvgIpc) is 2.90. The van der Waals surface area contributed by atoms with E-state index in [1.165, 1.54) is 6.08 Å². The Hall–Kier alpha value is -2.66. The Morgan fingerprint density at radius 1 is 1.38 bits per heavy atom. The molecule has 0 aliphatic carbocycles. The number of hydrogen-bond acceptors (Lipinski definition) is 3. The van der Waals surface area contributed by atoms with Gasteiger partial charge in [0.05, 0.1) is 0 Å². The normalized spacial score (nSPS) is 10.5. The fraction of sp³-hybridized carbons (Fsp3) is 0. The Morgan fingerprint density at radius 3 is 3.05 bits per heavy atom. The van der Waals surface area contributed by atoms with Crippen molar-refractivity contribution in [3.63, 3.8) is 0 Å². The maximum Gasteiger partial charge on any atom is 0.247 e. The van der Waals surface area contributed by atoms with Crippen LogP contribution in [0.3, 0.4) is 0 Å². The molecule has 1 N–H and O–H groups in total. The summed E-state index contributed by atoms with van der Waals surface area (Å²) in [5.41, 5.74) is 2.25. The second-order valence-corrected chi connectivity index (χ2v) is 4.69. The fourth-order valence-electron chi connectivity index (χ4n) is 2.03. The number of amides is 1. The van der Waals surface area contributed by atoms with Crippen molar-refractivity contribution in [1.29, 1.82) is 0 Å². The zero-order valence-electron chi connectivity index (χ0n) is 11.0. The molecule has 2 heterocycles. The van der Waals surface area contributed by atoms with Crippen molar-refractivity contribution in [3.05, 3.63) is 60.7 Å². The highest BCUT2D eigenvalue weighted by molar-refractivity contribution is 6.28. The molecule has 1 amide bonds. The number of rotatable bonds is 3. The molecule has 5 nitrogen and oxygen atoms in total. The predicted octanol–water partition coefficient (Wildman–Crippen LogP) is 3.20. The van der Waals surface area contributed by atoms with E-state index >= 15 is 0 Å². The van der Waals surface area contributed by atoms with Crippen LogP contribution in [-0.2, 0) is 4.79 Å². The Labute approximate surface area is 125 Å². The molecule has 104 valence electrons. The number of nitrogens with zero attached hydrogens (tertiary/aromatic N) is 3. The highest BCUT2D eigenvalue weighted by atomic mass is 35.5. The van der Waals surface area contributed by atoms with Crippen LogP contribution in [0.4, 0.5) is 5.69 Å². The van der Waals surface area contributed by atoms with Gasteiger partial charge in [-0.25, -0.2) is 4.98 Å². The molecule has 3 aromatic rings. The van der Waals surface area contributed by atoms with E-state index in [2.05, 4.69) is 21.9 Å². The molecule has 2 aromatic heterocycles. The van der Waals surface area contributed by atoms with Gasteiger partial charge in [-0.2, -0.15) is 4.98 Å². The van der Waals surface area contributed by atoms with Gasteiger partial charge in [-0.1, -0.05) is 12.6 Å². The minimum atomic E-state index is -0.255. The van der Waals surface area contributed by atoms with Crippen molar-refractivity contribution in [2.24, 2.45) is 0 Å². The number of anilines is 1. The highest BCUT2D eigenvalue weighted by Gasteiger charge is 2.07. The van der Waals surface area contributed by atoms with Crippen LogP contribution in [0.1, 0.15) is 0 Å². The lowest BCUT2D eigenvalue weighted by Gasteiger charge is -2.08. The molecule has 1 aromatic carbocycles. The summed E-state index contributed by atoms with van der Waals surface area (Å²) in [6, 6.07) is 9.32. The zero-order chi connectivity index (χ0) is 14.8. The lowest BCUT2D eigenvalue weighted by atomic mass is 10.2. The monoisotopic (exact) mass is 298 g/mol. The first-order valence-electron chi connectivity index (χ1n) is 6.21. The van der Waals surface area contributed by atoms with Crippen LogP contribution in [0.25, 0.3) is 16.7 Å². The maximum atomic E-state index is 11.4. The van der Waals surface area contributed by atoms with Crippen LogP contribution in [0, 0.1) is 0 Å². The van der Waals surface area contributed by atoms with Gasteiger partial charge in [-0.3, -0.25) is 4.79 Å². The van der Waals surface area contributed by atoms with E-state index in [9.17, 15) is 4.79 Å². The Morgan fingerprint density at radius 2 is 2.24 bits per heavy atom. The maximum absolute atomic E-state index is 11.4. The van der Waals surface area contributed by atoms with E-state index in [-0.39, 0.29) is 11.2 Å². The first-order valence-corrected chi connectivity index (χ1v) is 6.58. The summed E-state index contributed by atoms with van der Waals surface area (Å²) in [7, 11) is 0. The molecular formula is C15H11ClN4O. The lowest BCUT2D eigenvalue weighted by Crippen LogP contribution is -2.07. The Balaban J connectivity index is 2.06. The van der Waals surface area contributed by atoms with E-state index < -0.39 is 0 Å². The van der Waals surface area contributed by atoms with Gasteiger partial charge in [-0.05, 0) is 41.9 Å². The lowest BCUT2D eigenvalue weighted by molar-refractivity contribution is -0.111. The van der Waals surface area contributed by atoms with Gasteiger partial charge in [0, 0.05) is 29.2 Å². The summed E-state index contributed by atoms with van der Waals surface area (Å²) in [5, 5.41) is 3.81. The quantitative estimate of drug-likeness (QED) is 0.597. The molecule has 0 fully saturated rings. The van der Waals surface area contributed by atoms with Crippen LogP contribution in [0.15, 0.2) is 55.4 Å². The minimum Gasteiger partial charge on any atom is -0.322 e. The third-order valence-corrected chi connectivity index (χ3v) is 3.16. The van der Waals surface area contributed by atoms with Gasteiger partial charge in [0.25, 0.3) is 0 Å². The minimum absolute atomic E-state index is 0.193. The first kappa shape index (κ1) is 13.3. The Bertz CT molecular complexity index is 841. The van der Waals surface area contributed by atoms with E-state index in [0.717, 1.165) is 11.1 Å². The summed E-state index contributed by atoms with van der Waals surface area (Å²) in [4.78, 5) is 19.5. The van der Waals surface area contributed by atoms with E-state index in [1.54, 1.807) is 12.3 Å². The van der Waals surface area contributed by atoms with E-state index in [4.69, 9.17) is 11.6 Å². The summed E-state index contributed by atoms with van der Waals surface area (Å²) < 4.78 is 1.88. The zero-order valence-corrected chi connectivity index (χ0v) is 11.7. The molecule has 0 aliphatic rings. The molecule has 0 spiro atoms. The van der Waals surface area contributed by atoms with Crippen LogP contribution < -0.4 is 5.32 Å². The summed E-state index contributed by atoms with van der Waals surface area (Å²) in [6.45, 7) is 3.43. The summed E-state index contributed by atoms with van der Waals surface area (Å²) >= 11 is 5.85. The number of halogens is 1. The standard InChI is InChI=1S/C15H11ClN4O/c1-2-13(21)18-11-4-3-5-12(8-11)20-7-6-10-9-17-15(16)19-14(10)20/h2-9H,1H2,(H,18,21). The molecule has 0 bridgehead atoms. The molecule has 0 saturated carbocycles. The number of nitrogens with one attached hydrogen (secondary N) is 1. The van der Waals surface area contributed by atoms with Gasteiger partial charge < -0.3 is 9.88 Å². The fourth-order valence-corrected chi connectivity index (χ4v) is 2.16. The van der Waals surface area contributed by atoms with Crippen LogP contribution in [0.2, 0.25) is 5.28 Å². The largest absolute Gasteiger partial charge is 0.322 e. The number of aromatic nitrogens is 3. The number of hydrogen-bond donors (Lipinski definition) is 1. The van der Waals surface area contributed by atoms with E-state index in [0.29, 0.717) is 11.3 Å². The molecule has 0 aliphatic heterocycles. The van der Waals surface area contributed by atoms with Gasteiger partial charge in [0.1, 0.15) is 5.65 Å². The van der Waals surface area contributed by atoms with Gasteiger partial charge >= 0.3 is 0 Å².